The highest BCUT2D eigenvalue weighted by molar-refractivity contribution is 5.97. The Morgan fingerprint density at radius 1 is 0.848 bits per heavy atom. The molecule has 1 unspecified atom stereocenters. The molecule has 0 aromatic heterocycles. The fraction of sp³-hybridized carbons (Fsp3) is 0.192. The van der Waals surface area contributed by atoms with Gasteiger partial charge in [-0.15, -0.1) is 0 Å². The Morgan fingerprint density at radius 3 is 2.18 bits per heavy atom. The monoisotopic (exact) mass is 446 g/mol. The zero-order chi connectivity index (χ0) is 23.8. The van der Waals surface area contributed by atoms with Crippen LogP contribution >= 0.6 is 0 Å². The van der Waals surface area contributed by atoms with Gasteiger partial charge in [-0.3, -0.25) is 9.59 Å². The third-order valence-electron chi connectivity index (χ3n) is 4.90. The normalized spacial score (nSPS) is 11.2. The van der Waals surface area contributed by atoms with Crippen molar-refractivity contribution >= 4 is 23.5 Å². The molecule has 7 heteroatoms. The van der Waals surface area contributed by atoms with Gasteiger partial charge < -0.3 is 20.1 Å². The number of esters is 1. The zero-order valence-electron chi connectivity index (χ0n) is 18.8. The Kier molecular flexibility index (Phi) is 7.81. The van der Waals surface area contributed by atoms with Gasteiger partial charge in [0.25, 0.3) is 5.91 Å². The van der Waals surface area contributed by atoms with Gasteiger partial charge in [0.1, 0.15) is 17.1 Å². The quantitative estimate of drug-likeness (QED) is 0.501. The summed E-state index contributed by atoms with van der Waals surface area (Å²) in [6, 6.07) is 21.3. The van der Waals surface area contributed by atoms with E-state index in [9.17, 15) is 14.4 Å². The SMILES string of the molecule is Cc1cccc(C)c1NC(=O)CNC(=O)C(C)OC(=O)c1ccccc1Oc1ccccc1. The number of para-hydroxylation sites is 3. The van der Waals surface area contributed by atoms with E-state index in [1.807, 2.05) is 50.2 Å². The number of carbonyl (C=O) groups excluding carboxylic acids is 3. The summed E-state index contributed by atoms with van der Waals surface area (Å²) < 4.78 is 11.1. The molecule has 2 amide bonds. The van der Waals surface area contributed by atoms with Crippen molar-refractivity contribution in [1.29, 1.82) is 0 Å². The van der Waals surface area contributed by atoms with E-state index in [1.165, 1.54) is 6.92 Å². The van der Waals surface area contributed by atoms with E-state index in [0.717, 1.165) is 11.1 Å². The second kappa shape index (κ2) is 10.9. The average molecular weight is 447 g/mol. The van der Waals surface area contributed by atoms with Gasteiger partial charge in [-0.2, -0.15) is 0 Å². The number of ether oxygens (including phenoxy) is 2. The van der Waals surface area contributed by atoms with Crippen molar-refractivity contribution in [3.05, 3.63) is 89.5 Å². The highest BCUT2D eigenvalue weighted by atomic mass is 16.5. The molecule has 0 aliphatic carbocycles. The van der Waals surface area contributed by atoms with E-state index >= 15 is 0 Å². The fourth-order valence-corrected chi connectivity index (χ4v) is 3.12. The van der Waals surface area contributed by atoms with E-state index < -0.39 is 18.0 Å². The summed E-state index contributed by atoms with van der Waals surface area (Å²) in [5.41, 5.74) is 2.75. The second-order valence-electron chi connectivity index (χ2n) is 7.49. The molecule has 0 heterocycles. The number of amides is 2. The molecule has 170 valence electrons. The standard InChI is InChI=1S/C26H26N2O5/c1-17-10-9-11-18(2)24(17)28-23(29)16-27-25(30)19(3)32-26(31)21-14-7-8-15-22(21)33-20-12-5-4-6-13-20/h4-15,19H,16H2,1-3H3,(H,27,30)(H,28,29). The molecule has 2 N–H and O–H groups in total. The summed E-state index contributed by atoms with van der Waals surface area (Å²) >= 11 is 0. The Hall–Kier alpha value is -4.13. The van der Waals surface area contributed by atoms with Gasteiger partial charge in [-0.1, -0.05) is 48.5 Å². The van der Waals surface area contributed by atoms with Crippen LogP contribution in [0.1, 0.15) is 28.4 Å². The largest absolute Gasteiger partial charge is 0.456 e. The van der Waals surface area contributed by atoms with Crippen molar-refractivity contribution in [1.82, 2.24) is 5.32 Å². The predicted molar refractivity (Wildman–Crippen MR) is 125 cm³/mol. The van der Waals surface area contributed by atoms with Crippen LogP contribution in [0, 0.1) is 13.8 Å². The molecular weight excluding hydrogens is 420 g/mol. The lowest BCUT2D eigenvalue weighted by Crippen LogP contribution is -2.40. The maximum atomic E-state index is 12.7. The molecule has 3 aromatic rings. The second-order valence-corrected chi connectivity index (χ2v) is 7.49. The van der Waals surface area contributed by atoms with Crippen molar-refractivity contribution in [2.45, 2.75) is 26.9 Å². The van der Waals surface area contributed by atoms with Gasteiger partial charge in [0.05, 0.1) is 6.54 Å². The van der Waals surface area contributed by atoms with Gasteiger partial charge in [0.15, 0.2) is 6.10 Å². The maximum absolute atomic E-state index is 12.7. The number of aryl methyl sites for hydroxylation is 2. The van der Waals surface area contributed by atoms with Crippen molar-refractivity contribution < 1.29 is 23.9 Å². The van der Waals surface area contributed by atoms with Crippen molar-refractivity contribution in [3.63, 3.8) is 0 Å². The van der Waals surface area contributed by atoms with Gasteiger partial charge in [0.2, 0.25) is 5.91 Å². The van der Waals surface area contributed by atoms with Crippen LogP contribution in [0.2, 0.25) is 0 Å². The summed E-state index contributed by atoms with van der Waals surface area (Å²) in [6.45, 7) is 4.98. The number of hydrogen-bond donors (Lipinski definition) is 2. The molecule has 0 radical (unpaired) electrons. The molecule has 7 nitrogen and oxygen atoms in total. The Morgan fingerprint density at radius 2 is 1.48 bits per heavy atom. The number of rotatable bonds is 8. The van der Waals surface area contributed by atoms with Crippen LogP contribution in [0.3, 0.4) is 0 Å². The Bertz CT molecular complexity index is 1120. The molecule has 3 aromatic carbocycles. The number of benzene rings is 3. The van der Waals surface area contributed by atoms with E-state index in [2.05, 4.69) is 10.6 Å². The lowest BCUT2D eigenvalue weighted by molar-refractivity contribution is -0.130. The predicted octanol–water partition coefficient (Wildman–Crippen LogP) is 4.40. The molecule has 3 rings (SSSR count). The highest BCUT2D eigenvalue weighted by Crippen LogP contribution is 2.26. The minimum Gasteiger partial charge on any atom is -0.456 e. The number of hydrogen-bond acceptors (Lipinski definition) is 5. The molecule has 1 atom stereocenters. The molecule has 0 fully saturated rings. The minimum absolute atomic E-state index is 0.189. The lowest BCUT2D eigenvalue weighted by atomic mass is 10.1. The molecule has 0 spiro atoms. The third kappa shape index (κ3) is 6.43. The maximum Gasteiger partial charge on any atom is 0.342 e. The summed E-state index contributed by atoms with van der Waals surface area (Å²) in [4.78, 5) is 37.3. The number of anilines is 1. The summed E-state index contributed by atoms with van der Waals surface area (Å²) in [5.74, 6) is -0.778. The first kappa shape index (κ1) is 23.5. The van der Waals surface area contributed by atoms with Crippen LogP contribution in [0.5, 0.6) is 11.5 Å². The molecule has 0 aliphatic heterocycles. The fourth-order valence-electron chi connectivity index (χ4n) is 3.12. The van der Waals surface area contributed by atoms with E-state index in [0.29, 0.717) is 17.2 Å². The molecule has 33 heavy (non-hydrogen) atoms. The topological polar surface area (TPSA) is 93.7 Å². The summed E-state index contributed by atoms with van der Waals surface area (Å²) in [7, 11) is 0. The minimum atomic E-state index is -1.10. The number of carbonyl (C=O) groups is 3. The molecule has 0 bridgehead atoms. The van der Waals surface area contributed by atoms with Crippen LogP contribution in [-0.2, 0) is 14.3 Å². The molecule has 0 aliphatic rings. The number of nitrogens with one attached hydrogen (secondary N) is 2. The summed E-state index contributed by atoms with van der Waals surface area (Å²) in [5, 5.41) is 5.29. The molecule has 0 saturated heterocycles. The van der Waals surface area contributed by atoms with E-state index in [1.54, 1.807) is 36.4 Å². The van der Waals surface area contributed by atoms with Crippen LogP contribution in [0.4, 0.5) is 5.69 Å². The van der Waals surface area contributed by atoms with Crippen LogP contribution in [0.15, 0.2) is 72.8 Å². The van der Waals surface area contributed by atoms with Crippen molar-refractivity contribution in [3.8, 4) is 11.5 Å². The van der Waals surface area contributed by atoms with Crippen molar-refractivity contribution in [2.24, 2.45) is 0 Å². The average Bonchev–Trinajstić information content (AvgIpc) is 2.81. The van der Waals surface area contributed by atoms with E-state index in [4.69, 9.17) is 9.47 Å². The smallest absolute Gasteiger partial charge is 0.342 e. The van der Waals surface area contributed by atoms with Gasteiger partial charge in [-0.05, 0) is 56.2 Å². The van der Waals surface area contributed by atoms with Crippen molar-refractivity contribution in [2.75, 3.05) is 11.9 Å². The zero-order valence-corrected chi connectivity index (χ0v) is 18.8. The first-order valence-electron chi connectivity index (χ1n) is 10.5. The Labute approximate surface area is 192 Å². The molecule has 0 saturated carbocycles. The summed E-state index contributed by atoms with van der Waals surface area (Å²) in [6.07, 6.45) is -1.10. The third-order valence-corrected chi connectivity index (χ3v) is 4.90. The molecular formula is C26H26N2O5. The van der Waals surface area contributed by atoms with Gasteiger partial charge >= 0.3 is 5.97 Å². The first-order valence-corrected chi connectivity index (χ1v) is 10.5. The Balaban J connectivity index is 1.55. The van der Waals surface area contributed by atoms with Crippen LogP contribution in [-0.4, -0.2) is 30.4 Å². The van der Waals surface area contributed by atoms with Crippen LogP contribution < -0.4 is 15.4 Å². The van der Waals surface area contributed by atoms with Gasteiger partial charge in [0, 0.05) is 5.69 Å². The lowest BCUT2D eigenvalue weighted by Gasteiger charge is -2.16. The van der Waals surface area contributed by atoms with Gasteiger partial charge in [-0.25, -0.2) is 4.79 Å². The van der Waals surface area contributed by atoms with E-state index in [-0.39, 0.29) is 18.0 Å². The first-order chi connectivity index (χ1) is 15.8. The van der Waals surface area contributed by atoms with Crippen LogP contribution in [0.25, 0.3) is 0 Å². The highest BCUT2D eigenvalue weighted by Gasteiger charge is 2.22.